The van der Waals surface area contributed by atoms with Gasteiger partial charge in [-0.05, 0) is 47.5 Å². The van der Waals surface area contributed by atoms with Gasteiger partial charge >= 0.3 is 6.18 Å². The number of nitrogens with one attached hydrogen (secondary N) is 1. The maximum atomic E-state index is 12.1. The molecule has 146 valence electrons. The Balaban J connectivity index is 1.46. The summed E-state index contributed by atoms with van der Waals surface area (Å²) in [5.41, 5.74) is 2.68. The minimum absolute atomic E-state index is 0.133. The van der Waals surface area contributed by atoms with Gasteiger partial charge in [-0.25, -0.2) is 0 Å². The van der Waals surface area contributed by atoms with Crippen LogP contribution < -0.4 is 10.1 Å². The summed E-state index contributed by atoms with van der Waals surface area (Å²) < 4.78 is 43.0. The van der Waals surface area contributed by atoms with E-state index in [9.17, 15) is 18.0 Å². The zero-order valence-electron chi connectivity index (χ0n) is 14.9. The van der Waals surface area contributed by atoms with Crippen molar-refractivity contribution < 1.29 is 22.7 Å². The number of rotatable bonds is 7. The molecule has 3 aromatic rings. The molecule has 1 heterocycles. The van der Waals surface area contributed by atoms with Crippen LogP contribution in [0, 0.1) is 0 Å². The molecular weight excluding hydrogens is 369 g/mol. The molecule has 7 heteroatoms. The Kier molecular flexibility index (Phi) is 6.03. The highest BCUT2D eigenvalue weighted by Crippen LogP contribution is 2.19. The molecule has 0 radical (unpaired) electrons. The first-order valence-electron chi connectivity index (χ1n) is 8.66. The Labute approximate surface area is 160 Å². The van der Waals surface area contributed by atoms with Gasteiger partial charge in [0.15, 0.2) is 6.61 Å². The lowest BCUT2D eigenvalue weighted by Gasteiger charge is -2.10. The number of nitrogens with zero attached hydrogens (tertiary/aromatic N) is 1. The van der Waals surface area contributed by atoms with Gasteiger partial charge in [0, 0.05) is 24.6 Å². The van der Waals surface area contributed by atoms with E-state index in [2.05, 4.69) is 10.1 Å². The second kappa shape index (κ2) is 8.65. The van der Waals surface area contributed by atoms with Gasteiger partial charge in [-0.3, -0.25) is 4.79 Å². The predicted molar refractivity (Wildman–Crippen MR) is 99.3 cm³/mol. The largest absolute Gasteiger partial charge is 0.484 e. The molecule has 2 aromatic carbocycles. The molecule has 0 aliphatic heterocycles. The van der Waals surface area contributed by atoms with E-state index in [-0.39, 0.29) is 18.1 Å². The lowest BCUT2D eigenvalue weighted by atomic mass is 10.1. The van der Waals surface area contributed by atoms with Gasteiger partial charge in [0.05, 0.1) is 6.42 Å². The zero-order chi connectivity index (χ0) is 20.0. The molecule has 0 unspecified atom stereocenters. The first-order valence-corrected chi connectivity index (χ1v) is 8.66. The highest BCUT2D eigenvalue weighted by atomic mass is 19.4. The first kappa shape index (κ1) is 19.5. The lowest BCUT2D eigenvalue weighted by molar-refractivity contribution is -0.153. The van der Waals surface area contributed by atoms with Crippen LogP contribution in [-0.4, -0.2) is 23.3 Å². The molecule has 0 spiro atoms. The number of alkyl halides is 3. The van der Waals surface area contributed by atoms with E-state index in [4.69, 9.17) is 0 Å². The number of benzene rings is 2. The van der Waals surface area contributed by atoms with E-state index in [0.717, 1.165) is 16.8 Å². The normalized spacial score (nSPS) is 11.2. The van der Waals surface area contributed by atoms with Gasteiger partial charge in [-0.1, -0.05) is 24.3 Å². The minimum atomic E-state index is -4.37. The summed E-state index contributed by atoms with van der Waals surface area (Å²) in [5.74, 6) is 0.00120. The van der Waals surface area contributed by atoms with Crippen LogP contribution >= 0.6 is 0 Å². The summed E-state index contributed by atoms with van der Waals surface area (Å²) >= 11 is 0. The molecule has 0 bridgehead atoms. The van der Waals surface area contributed by atoms with Crippen LogP contribution in [0.2, 0.25) is 0 Å². The van der Waals surface area contributed by atoms with Crippen molar-refractivity contribution in [3.63, 3.8) is 0 Å². The summed E-state index contributed by atoms with van der Waals surface area (Å²) in [6.07, 6.45) is -0.228. The van der Waals surface area contributed by atoms with Crippen molar-refractivity contribution in [1.82, 2.24) is 9.88 Å². The van der Waals surface area contributed by atoms with Crippen LogP contribution in [0.5, 0.6) is 5.75 Å². The SMILES string of the molecule is O=C(Cc1ccc(-n2cccc2)cc1)NCc1ccc(OCC(F)(F)F)cc1. The summed E-state index contributed by atoms with van der Waals surface area (Å²) in [6.45, 7) is -1.04. The van der Waals surface area contributed by atoms with Gasteiger partial charge in [0.1, 0.15) is 5.75 Å². The molecule has 28 heavy (non-hydrogen) atoms. The van der Waals surface area contributed by atoms with Crippen LogP contribution in [-0.2, 0) is 17.8 Å². The highest BCUT2D eigenvalue weighted by molar-refractivity contribution is 5.78. The lowest BCUT2D eigenvalue weighted by Crippen LogP contribution is -2.24. The molecular formula is C21H19F3N2O2. The van der Waals surface area contributed by atoms with Crippen molar-refractivity contribution in [2.45, 2.75) is 19.1 Å². The maximum Gasteiger partial charge on any atom is 0.422 e. The van der Waals surface area contributed by atoms with Crippen molar-refractivity contribution in [3.05, 3.63) is 84.2 Å². The van der Waals surface area contributed by atoms with Crippen molar-refractivity contribution in [3.8, 4) is 11.4 Å². The minimum Gasteiger partial charge on any atom is -0.484 e. The molecule has 0 atom stereocenters. The van der Waals surface area contributed by atoms with E-state index in [1.54, 1.807) is 12.1 Å². The van der Waals surface area contributed by atoms with Crippen LogP contribution in [0.25, 0.3) is 5.69 Å². The fourth-order valence-electron chi connectivity index (χ4n) is 2.61. The Bertz CT molecular complexity index is 887. The summed E-state index contributed by atoms with van der Waals surface area (Å²) in [4.78, 5) is 12.1. The average molecular weight is 388 g/mol. The van der Waals surface area contributed by atoms with E-state index < -0.39 is 12.8 Å². The van der Waals surface area contributed by atoms with E-state index in [1.165, 1.54) is 12.1 Å². The van der Waals surface area contributed by atoms with Gasteiger partial charge in [0.25, 0.3) is 0 Å². The molecule has 4 nitrogen and oxygen atoms in total. The molecule has 1 aromatic heterocycles. The Morgan fingerprint density at radius 3 is 2.14 bits per heavy atom. The Morgan fingerprint density at radius 1 is 0.929 bits per heavy atom. The molecule has 3 rings (SSSR count). The fraction of sp³-hybridized carbons (Fsp3) is 0.190. The summed E-state index contributed by atoms with van der Waals surface area (Å²) in [5, 5.41) is 2.80. The van der Waals surface area contributed by atoms with Crippen LogP contribution in [0.15, 0.2) is 73.1 Å². The maximum absolute atomic E-state index is 12.1. The number of carbonyl (C=O) groups excluding carboxylic acids is 1. The van der Waals surface area contributed by atoms with Crippen molar-refractivity contribution >= 4 is 5.91 Å². The fourth-order valence-corrected chi connectivity index (χ4v) is 2.61. The van der Waals surface area contributed by atoms with Crippen molar-refractivity contribution in [1.29, 1.82) is 0 Å². The highest BCUT2D eigenvalue weighted by Gasteiger charge is 2.28. The third-order valence-electron chi connectivity index (χ3n) is 4.02. The van der Waals surface area contributed by atoms with Crippen LogP contribution in [0.1, 0.15) is 11.1 Å². The predicted octanol–water partition coefficient (Wildman–Crippen LogP) is 4.28. The number of halogens is 3. The standard InChI is InChI=1S/C21H19F3N2O2/c22-21(23,24)15-28-19-9-5-17(6-10-19)14-25-20(27)13-16-3-7-18(8-4-16)26-11-1-2-12-26/h1-12H,13-15H2,(H,25,27). The van der Waals surface area contributed by atoms with Crippen molar-refractivity contribution in [2.75, 3.05) is 6.61 Å². The molecule has 0 fully saturated rings. The number of ether oxygens (including phenoxy) is 1. The van der Waals surface area contributed by atoms with E-state index in [1.807, 2.05) is 53.4 Å². The topological polar surface area (TPSA) is 43.3 Å². The molecule has 1 N–H and O–H groups in total. The molecule has 0 aliphatic rings. The quantitative estimate of drug-likeness (QED) is 0.657. The van der Waals surface area contributed by atoms with Crippen LogP contribution in [0.4, 0.5) is 13.2 Å². The van der Waals surface area contributed by atoms with Gasteiger partial charge in [0.2, 0.25) is 5.91 Å². The van der Waals surface area contributed by atoms with Crippen molar-refractivity contribution in [2.24, 2.45) is 0 Å². The van der Waals surface area contributed by atoms with Gasteiger partial charge in [-0.15, -0.1) is 0 Å². The van der Waals surface area contributed by atoms with Gasteiger partial charge < -0.3 is 14.6 Å². The summed E-state index contributed by atoms with van der Waals surface area (Å²) in [6, 6.07) is 17.7. The average Bonchev–Trinajstić information content (AvgIpc) is 3.20. The molecule has 0 saturated heterocycles. The third-order valence-corrected chi connectivity index (χ3v) is 4.02. The number of hydrogen-bond donors (Lipinski definition) is 1. The molecule has 0 aliphatic carbocycles. The van der Waals surface area contributed by atoms with E-state index in [0.29, 0.717) is 6.54 Å². The Hall–Kier alpha value is -3.22. The number of hydrogen-bond acceptors (Lipinski definition) is 2. The van der Waals surface area contributed by atoms with Crippen LogP contribution in [0.3, 0.4) is 0 Å². The Morgan fingerprint density at radius 2 is 1.54 bits per heavy atom. The first-order chi connectivity index (χ1) is 13.4. The summed E-state index contributed by atoms with van der Waals surface area (Å²) in [7, 11) is 0. The third kappa shape index (κ3) is 5.90. The monoisotopic (exact) mass is 388 g/mol. The zero-order valence-corrected chi connectivity index (χ0v) is 14.9. The second-order valence-electron chi connectivity index (χ2n) is 6.26. The second-order valence-corrected chi connectivity index (χ2v) is 6.26. The molecule has 1 amide bonds. The van der Waals surface area contributed by atoms with E-state index >= 15 is 0 Å². The molecule has 0 saturated carbocycles. The smallest absolute Gasteiger partial charge is 0.422 e. The number of amides is 1. The van der Waals surface area contributed by atoms with Gasteiger partial charge in [-0.2, -0.15) is 13.2 Å². The number of aromatic nitrogens is 1. The number of carbonyl (C=O) groups is 1.